The van der Waals surface area contributed by atoms with E-state index in [1.54, 1.807) is 12.1 Å². The number of hydrogen-bond donors (Lipinski definition) is 1. The number of ketones is 1. The molecule has 1 heterocycles. The molecule has 0 spiro atoms. The Hall–Kier alpha value is -1.68. The standard InChI is InChI=1S/C11H12N2O2/c12-7-10(14)8-1-3-9(4-2-8)11-13-5-6-15-11/h1-4H,5-7,12H2. The zero-order valence-corrected chi connectivity index (χ0v) is 8.27. The summed E-state index contributed by atoms with van der Waals surface area (Å²) in [5, 5.41) is 0. The van der Waals surface area contributed by atoms with Crippen LogP contribution in [-0.2, 0) is 4.74 Å². The fraction of sp³-hybridized carbons (Fsp3) is 0.273. The molecule has 0 aromatic heterocycles. The Morgan fingerprint density at radius 2 is 2.13 bits per heavy atom. The molecule has 2 N–H and O–H groups in total. The minimum Gasteiger partial charge on any atom is -0.476 e. The van der Waals surface area contributed by atoms with Crippen LogP contribution in [0.3, 0.4) is 0 Å². The lowest BCUT2D eigenvalue weighted by atomic mass is 10.1. The lowest BCUT2D eigenvalue weighted by molar-refractivity contribution is 0.100. The van der Waals surface area contributed by atoms with E-state index in [1.165, 1.54) is 0 Å². The summed E-state index contributed by atoms with van der Waals surface area (Å²) >= 11 is 0. The molecule has 0 amide bonds. The molecule has 0 radical (unpaired) electrons. The monoisotopic (exact) mass is 204 g/mol. The second-order valence-corrected chi connectivity index (χ2v) is 3.24. The average Bonchev–Trinajstić information content (AvgIpc) is 2.82. The van der Waals surface area contributed by atoms with Crippen molar-refractivity contribution in [2.24, 2.45) is 10.7 Å². The minimum atomic E-state index is -0.0594. The average molecular weight is 204 g/mol. The molecule has 1 aliphatic heterocycles. The molecule has 0 atom stereocenters. The zero-order chi connectivity index (χ0) is 10.7. The number of Topliss-reactive ketones (excluding diaryl/α,β-unsaturated/α-hetero) is 1. The van der Waals surface area contributed by atoms with Gasteiger partial charge in [0.25, 0.3) is 0 Å². The molecule has 1 aromatic rings. The van der Waals surface area contributed by atoms with Crippen LogP contribution < -0.4 is 5.73 Å². The maximum atomic E-state index is 11.3. The van der Waals surface area contributed by atoms with Gasteiger partial charge in [-0.05, 0) is 12.1 Å². The summed E-state index contributed by atoms with van der Waals surface area (Å²) in [6.45, 7) is 1.38. The van der Waals surface area contributed by atoms with Gasteiger partial charge in [-0.1, -0.05) is 12.1 Å². The number of carbonyl (C=O) groups excluding carboxylic acids is 1. The van der Waals surface area contributed by atoms with E-state index in [-0.39, 0.29) is 12.3 Å². The molecule has 4 nitrogen and oxygen atoms in total. The molecule has 0 unspecified atom stereocenters. The van der Waals surface area contributed by atoms with Crippen LogP contribution in [-0.4, -0.2) is 31.4 Å². The molecule has 1 aromatic carbocycles. The summed E-state index contributed by atoms with van der Waals surface area (Å²) in [4.78, 5) is 15.4. The Kier molecular flexibility index (Phi) is 2.78. The smallest absolute Gasteiger partial charge is 0.216 e. The van der Waals surface area contributed by atoms with Crippen LogP contribution in [0.15, 0.2) is 29.3 Å². The SMILES string of the molecule is NCC(=O)c1ccc(C2=NCCO2)cc1. The maximum absolute atomic E-state index is 11.3. The van der Waals surface area contributed by atoms with Crippen LogP contribution in [0.2, 0.25) is 0 Å². The van der Waals surface area contributed by atoms with Gasteiger partial charge >= 0.3 is 0 Å². The van der Waals surface area contributed by atoms with Crippen LogP contribution in [0.5, 0.6) is 0 Å². The number of benzene rings is 1. The molecule has 78 valence electrons. The highest BCUT2D eigenvalue weighted by atomic mass is 16.5. The molecular formula is C11H12N2O2. The van der Waals surface area contributed by atoms with Crippen molar-refractivity contribution in [3.8, 4) is 0 Å². The van der Waals surface area contributed by atoms with Crippen LogP contribution in [0.1, 0.15) is 15.9 Å². The summed E-state index contributed by atoms with van der Waals surface area (Å²) < 4.78 is 5.31. The van der Waals surface area contributed by atoms with Gasteiger partial charge in [0.15, 0.2) is 5.78 Å². The van der Waals surface area contributed by atoms with Gasteiger partial charge in [-0.25, -0.2) is 4.99 Å². The molecule has 2 rings (SSSR count). The Bertz CT molecular complexity index is 396. The highest BCUT2D eigenvalue weighted by Gasteiger charge is 2.10. The largest absolute Gasteiger partial charge is 0.476 e. The number of rotatable bonds is 3. The van der Waals surface area contributed by atoms with Crippen molar-refractivity contribution < 1.29 is 9.53 Å². The third kappa shape index (κ3) is 2.05. The van der Waals surface area contributed by atoms with Crippen LogP contribution in [0.4, 0.5) is 0 Å². The minimum absolute atomic E-state index is 0.0385. The van der Waals surface area contributed by atoms with Gasteiger partial charge in [0.05, 0.1) is 13.1 Å². The van der Waals surface area contributed by atoms with Gasteiger partial charge < -0.3 is 10.5 Å². The molecule has 0 aliphatic carbocycles. The first-order valence-electron chi connectivity index (χ1n) is 4.82. The predicted molar refractivity (Wildman–Crippen MR) is 57.2 cm³/mol. The Labute approximate surface area is 87.8 Å². The number of nitrogens with two attached hydrogens (primary N) is 1. The molecule has 0 fully saturated rings. The van der Waals surface area contributed by atoms with Gasteiger partial charge in [0.1, 0.15) is 6.61 Å². The Morgan fingerprint density at radius 1 is 1.40 bits per heavy atom. The third-order valence-electron chi connectivity index (χ3n) is 2.22. The number of ether oxygens (including phenoxy) is 1. The van der Waals surface area contributed by atoms with E-state index in [2.05, 4.69) is 4.99 Å². The van der Waals surface area contributed by atoms with Crippen molar-refractivity contribution in [2.45, 2.75) is 0 Å². The van der Waals surface area contributed by atoms with E-state index in [9.17, 15) is 4.79 Å². The van der Waals surface area contributed by atoms with Crippen molar-refractivity contribution in [3.05, 3.63) is 35.4 Å². The molecule has 15 heavy (non-hydrogen) atoms. The number of hydrogen-bond acceptors (Lipinski definition) is 4. The Morgan fingerprint density at radius 3 is 2.67 bits per heavy atom. The number of carbonyl (C=O) groups is 1. The molecule has 4 heteroatoms. The van der Waals surface area contributed by atoms with Crippen molar-refractivity contribution >= 4 is 11.7 Å². The first kappa shape index (κ1) is 9.86. The van der Waals surface area contributed by atoms with Crippen molar-refractivity contribution in [1.29, 1.82) is 0 Å². The second-order valence-electron chi connectivity index (χ2n) is 3.24. The van der Waals surface area contributed by atoms with E-state index in [4.69, 9.17) is 10.5 Å². The summed E-state index contributed by atoms with van der Waals surface area (Å²) in [7, 11) is 0. The molecule has 0 bridgehead atoms. The lowest BCUT2D eigenvalue weighted by Gasteiger charge is -2.02. The fourth-order valence-corrected chi connectivity index (χ4v) is 1.43. The predicted octanol–water partition coefficient (Wildman–Crippen LogP) is 0.605. The first-order valence-corrected chi connectivity index (χ1v) is 4.82. The van der Waals surface area contributed by atoms with E-state index < -0.39 is 0 Å². The third-order valence-corrected chi connectivity index (χ3v) is 2.22. The molecule has 0 saturated heterocycles. The molecular weight excluding hydrogens is 192 g/mol. The zero-order valence-electron chi connectivity index (χ0n) is 8.27. The van der Waals surface area contributed by atoms with E-state index in [0.717, 1.165) is 5.56 Å². The second kappa shape index (κ2) is 4.23. The van der Waals surface area contributed by atoms with Crippen molar-refractivity contribution in [1.82, 2.24) is 0 Å². The lowest BCUT2D eigenvalue weighted by Crippen LogP contribution is -2.13. The van der Waals surface area contributed by atoms with Crippen LogP contribution in [0.25, 0.3) is 0 Å². The van der Waals surface area contributed by atoms with Crippen molar-refractivity contribution in [3.63, 3.8) is 0 Å². The summed E-state index contributed by atoms with van der Waals surface area (Å²) in [6, 6.07) is 7.14. The first-order chi connectivity index (χ1) is 7.31. The number of nitrogens with zero attached hydrogens (tertiary/aromatic N) is 1. The van der Waals surface area contributed by atoms with Gasteiger partial charge in [-0.2, -0.15) is 0 Å². The number of aliphatic imine (C=N–C) groups is 1. The normalized spacial score (nSPS) is 14.6. The highest BCUT2D eigenvalue weighted by molar-refractivity contribution is 5.99. The van der Waals surface area contributed by atoms with E-state index >= 15 is 0 Å². The van der Waals surface area contributed by atoms with Gasteiger partial charge in [0, 0.05) is 11.1 Å². The fourth-order valence-electron chi connectivity index (χ4n) is 1.43. The van der Waals surface area contributed by atoms with E-state index in [0.29, 0.717) is 24.6 Å². The van der Waals surface area contributed by atoms with Crippen LogP contribution in [0, 0.1) is 0 Å². The van der Waals surface area contributed by atoms with Gasteiger partial charge in [0.2, 0.25) is 5.90 Å². The maximum Gasteiger partial charge on any atom is 0.216 e. The molecule has 0 saturated carbocycles. The summed E-state index contributed by atoms with van der Waals surface area (Å²) in [6.07, 6.45) is 0. The van der Waals surface area contributed by atoms with Crippen molar-refractivity contribution in [2.75, 3.05) is 19.7 Å². The quantitative estimate of drug-likeness (QED) is 0.733. The summed E-state index contributed by atoms with van der Waals surface area (Å²) in [5.41, 5.74) is 6.79. The van der Waals surface area contributed by atoms with Gasteiger partial charge in [-0.3, -0.25) is 4.79 Å². The van der Waals surface area contributed by atoms with Gasteiger partial charge in [-0.15, -0.1) is 0 Å². The van der Waals surface area contributed by atoms with E-state index in [1.807, 2.05) is 12.1 Å². The topological polar surface area (TPSA) is 64.7 Å². The summed E-state index contributed by atoms with van der Waals surface area (Å²) in [5.74, 6) is 0.595. The Balaban J connectivity index is 2.20. The molecule has 1 aliphatic rings. The highest BCUT2D eigenvalue weighted by Crippen LogP contribution is 2.09. The van der Waals surface area contributed by atoms with Crippen LogP contribution >= 0.6 is 0 Å².